The van der Waals surface area contributed by atoms with Gasteiger partial charge in [-0.1, -0.05) is 13.0 Å². The fourth-order valence-corrected chi connectivity index (χ4v) is 0.798. The van der Waals surface area contributed by atoms with Crippen molar-refractivity contribution >= 4 is 0 Å². The minimum Gasteiger partial charge on any atom is -0.368 e. The molecule has 1 unspecified atom stereocenters. The maximum absolute atomic E-state index is 8.79. The fraction of sp³-hybridized carbons (Fsp3) is 0.375. The average molecular weight is 153 g/mol. The molecule has 0 aliphatic heterocycles. The molecule has 1 atom stereocenters. The smallest absolute Gasteiger partial charge is 0.159 e. The molecule has 0 aliphatic carbocycles. The second-order valence-corrected chi connectivity index (χ2v) is 2.46. The highest BCUT2D eigenvalue weighted by atomic mass is 16.5. The lowest BCUT2D eigenvalue weighted by Crippen LogP contribution is -2.15. The third kappa shape index (κ3) is 2.00. The Morgan fingerprint density at radius 2 is 2.09 bits per heavy atom. The van der Waals surface area contributed by atoms with E-state index in [-0.39, 0.29) is 5.92 Å². The molecule has 0 bridgehead atoms. The first-order valence-electron chi connectivity index (χ1n) is 3.49. The quantitative estimate of drug-likeness (QED) is 0.608. The van der Waals surface area contributed by atoms with Gasteiger partial charge in [0.2, 0.25) is 0 Å². The minimum absolute atomic E-state index is 0.323. The molecule has 11 heavy (non-hydrogen) atoms. The SMILES string of the molecule is CC(c1ccccn1)C(O)O. The maximum Gasteiger partial charge on any atom is 0.159 e. The molecule has 0 aromatic carbocycles. The highest BCUT2D eigenvalue weighted by Gasteiger charge is 2.12. The first-order chi connectivity index (χ1) is 5.22. The molecule has 0 saturated carbocycles. The van der Waals surface area contributed by atoms with Gasteiger partial charge in [-0.15, -0.1) is 0 Å². The van der Waals surface area contributed by atoms with Crippen LogP contribution in [0.15, 0.2) is 24.4 Å². The molecule has 2 N–H and O–H groups in total. The summed E-state index contributed by atoms with van der Waals surface area (Å²) in [6.45, 7) is 1.72. The summed E-state index contributed by atoms with van der Waals surface area (Å²) >= 11 is 0. The summed E-state index contributed by atoms with van der Waals surface area (Å²) in [5.74, 6) is -0.323. The summed E-state index contributed by atoms with van der Waals surface area (Å²) in [7, 11) is 0. The molecule has 3 nitrogen and oxygen atoms in total. The van der Waals surface area contributed by atoms with E-state index < -0.39 is 6.29 Å². The van der Waals surface area contributed by atoms with Gasteiger partial charge in [0.1, 0.15) is 0 Å². The summed E-state index contributed by atoms with van der Waals surface area (Å²) in [6, 6.07) is 5.38. The van der Waals surface area contributed by atoms with Crippen molar-refractivity contribution in [2.24, 2.45) is 0 Å². The Hall–Kier alpha value is -0.930. The molecule has 0 fully saturated rings. The molecule has 0 spiro atoms. The number of nitrogens with zero attached hydrogens (tertiary/aromatic N) is 1. The maximum atomic E-state index is 8.79. The number of aliphatic hydroxyl groups is 2. The monoisotopic (exact) mass is 153 g/mol. The zero-order chi connectivity index (χ0) is 8.27. The van der Waals surface area contributed by atoms with Crippen LogP contribution in [0.2, 0.25) is 0 Å². The van der Waals surface area contributed by atoms with Gasteiger partial charge in [-0.3, -0.25) is 4.98 Å². The van der Waals surface area contributed by atoms with E-state index in [1.807, 2.05) is 6.07 Å². The lowest BCUT2D eigenvalue weighted by atomic mass is 10.1. The van der Waals surface area contributed by atoms with Crippen molar-refractivity contribution in [2.75, 3.05) is 0 Å². The average Bonchev–Trinajstić information content (AvgIpc) is 2.05. The van der Waals surface area contributed by atoms with E-state index in [1.165, 1.54) is 0 Å². The normalized spacial score (nSPS) is 13.5. The third-order valence-electron chi connectivity index (χ3n) is 1.60. The van der Waals surface area contributed by atoms with Crippen molar-refractivity contribution in [1.82, 2.24) is 4.98 Å². The predicted molar refractivity (Wildman–Crippen MR) is 40.9 cm³/mol. The van der Waals surface area contributed by atoms with Crippen LogP contribution in [0.5, 0.6) is 0 Å². The largest absolute Gasteiger partial charge is 0.368 e. The van der Waals surface area contributed by atoms with Crippen LogP contribution in [0.25, 0.3) is 0 Å². The van der Waals surface area contributed by atoms with Gasteiger partial charge in [-0.2, -0.15) is 0 Å². The molecule has 60 valence electrons. The van der Waals surface area contributed by atoms with Gasteiger partial charge < -0.3 is 10.2 Å². The van der Waals surface area contributed by atoms with Gasteiger partial charge in [-0.25, -0.2) is 0 Å². The van der Waals surface area contributed by atoms with Gasteiger partial charge in [0.05, 0.1) is 0 Å². The molecule has 0 amide bonds. The molecule has 0 radical (unpaired) electrons. The number of rotatable bonds is 2. The van der Waals surface area contributed by atoms with Crippen molar-refractivity contribution in [3.63, 3.8) is 0 Å². The Balaban J connectivity index is 2.77. The number of hydrogen-bond acceptors (Lipinski definition) is 3. The molecular weight excluding hydrogens is 142 g/mol. The second-order valence-electron chi connectivity index (χ2n) is 2.46. The summed E-state index contributed by atoms with van der Waals surface area (Å²) in [5, 5.41) is 17.6. The molecule has 1 aromatic rings. The minimum atomic E-state index is -1.33. The lowest BCUT2D eigenvalue weighted by Gasteiger charge is -2.11. The first-order valence-corrected chi connectivity index (χ1v) is 3.49. The third-order valence-corrected chi connectivity index (χ3v) is 1.60. The molecule has 3 heteroatoms. The van der Waals surface area contributed by atoms with Crippen molar-refractivity contribution in [3.05, 3.63) is 30.1 Å². The fourth-order valence-electron chi connectivity index (χ4n) is 0.798. The van der Waals surface area contributed by atoms with Crippen LogP contribution < -0.4 is 0 Å². The second kappa shape index (κ2) is 3.46. The van der Waals surface area contributed by atoms with E-state index in [4.69, 9.17) is 10.2 Å². The Morgan fingerprint density at radius 1 is 1.36 bits per heavy atom. The van der Waals surface area contributed by atoms with E-state index >= 15 is 0 Å². The highest BCUT2D eigenvalue weighted by Crippen LogP contribution is 2.13. The van der Waals surface area contributed by atoms with E-state index in [0.717, 1.165) is 0 Å². The van der Waals surface area contributed by atoms with Crippen LogP contribution in [0, 0.1) is 0 Å². The zero-order valence-corrected chi connectivity index (χ0v) is 6.31. The van der Waals surface area contributed by atoms with Crippen molar-refractivity contribution in [2.45, 2.75) is 19.1 Å². The van der Waals surface area contributed by atoms with Crippen LogP contribution in [0.3, 0.4) is 0 Å². The first kappa shape index (κ1) is 8.17. The van der Waals surface area contributed by atoms with Gasteiger partial charge in [0.25, 0.3) is 0 Å². The van der Waals surface area contributed by atoms with Crippen LogP contribution in [-0.4, -0.2) is 21.5 Å². The zero-order valence-electron chi connectivity index (χ0n) is 6.31. The van der Waals surface area contributed by atoms with E-state index in [2.05, 4.69) is 4.98 Å². The van der Waals surface area contributed by atoms with Crippen LogP contribution in [0.1, 0.15) is 18.5 Å². The van der Waals surface area contributed by atoms with Crippen LogP contribution >= 0.6 is 0 Å². The van der Waals surface area contributed by atoms with Gasteiger partial charge >= 0.3 is 0 Å². The van der Waals surface area contributed by atoms with Crippen molar-refractivity contribution < 1.29 is 10.2 Å². The van der Waals surface area contributed by atoms with Gasteiger partial charge in [0.15, 0.2) is 6.29 Å². The summed E-state index contributed by atoms with van der Waals surface area (Å²) in [4.78, 5) is 3.98. The van der Waals surface area contributed by atoms with E-state index in [9.17, 15) is 0 Å². The van der Waals surface area contributed by atoms with Gasteiger partial charge in [0, 0.05) is 17.8 Å². The summed E-state index contributed by atoms with van der Waals surface area (Å²) < 4.78 is 0. The Labute approximate surface area is 65.3 Å². The summed E-state index contributed by atoms with van der Waals surface area (Å²) in [5.41, 5.74) is 0.697. The standard InChI is InChI=1S/C8H11NO2/c1-6(8(10)11)7-4-2-3-5-9-7/h2-6,8,10-11H,1H3. The van der Waals surface area contributed by atoms with E-state index in [0.29, 0.717) is 5.69 Å². The molecule has 1 aromatic heterocycles. The topological polar surface area (TPSA) is 53.4 Å². The lowest BCUT2D eigenvalue weighted by molar-refractivity contribution is -0.0569. The molecule has 0 aliphatic rings. The molecular formula is C8H11NO2. The van der Waals surface area contributed by atoms with Crippen LogP contribution in [0.4, 0.5) is 0 Å². The Bertz CT molecular complexity index is 211. The summed E-state index contributed by atoms with van der Waals surface area (Å²) in [6.07, 6.45) is 0.304. The van der Waals surface area contributed by atoms with Crippen molar-refractivity contribution in [1.29, 1.82) is 0 Å². The number of hydrogen-bond donors (Lipinski definition) is 2. The molecule has 0 saturated heterocycles. The number of aliphatic hydroxyl groups excluding tert-OH is 1. The predicted octanol–water partition coefficient (Wildman–Crippen LogP) is 0.496. The van der Waals surface area contributed by atoms with Crippen molar-refractivity contribution in [3.8, 4) is 0 Å². The highest BCUT2D eigenvalue weighted by molar-refractivity contribution is 5.08. The van der Waals surface area contributed by atoms with Gasteiger partial charge in [-0.05, 0) is 12.1 Å². The Morgan fingerprint density at radius 3 is 2.55 bits per heavy atom. The van der Waals surface area contributed by atoms with E-state index in [1.54, 1.807) is 25.3 Å². The Kier molecular flexibility index (Phi) is 2.57. The molecule has 1 rings (SSSR count). The number of aromatic nitrogens is 1. The number of pyridine rings is 1. The van der Waals surface area contributed by atoms with Crippen LogP contribution in [-0.2, 0) is 0 Å². The molecule has 1 heterocycles.